The van der Waals surface area contributed by atoms with Crippen molar-refractivity contribution in [2.45, 2.75) is 13.3 Å². The molecule has 1 radical (unpaired) electrons. The second-order valence-electron chi connectivity index (χ2n) is 2.53. The third-order valence-corrected chi connectivity index (χ3v) is 2.39. The summed E-state index contributed by atoms with van der Waals surface area (Å²) in [7, 11) is 0. The van der Waals surface area contributed by atoms with Crippen LogP contribution in [0.4, 0.5) is 0 Å². The largest absolute Gasteiger partial charge is 1.00 e. The van der Waals surface area contributed by atoms with Gasteiger partial charge in [0.1, 0.15) is 0 Å². The molecule has 0 heterocycles. The van der Waals surface area contributed by atoms with E-state index < -0.39 is 0 Å². The van der Waals surface area contributed by atoms with E-state index in [9.17, 15) is 0 Å². The molecule has 1 aliphatic carbocycles. The Labute approximate surface area is 86.6 Å². The predicted molar refractivity (Wildman–Crippen MR) is 48.8 cm³/mol. The Morgan fingerprint density at radius 3 is 2.91 bits per heavy atom. The van der Waals surface area contributed by atoms with E-state index in [2.05, 4.69) is 32.1 Å². The zero-order valence-corrected chi connectivity index (χ0v) is 10.0. The van der Waals surface area contributed by atoms with Crippen molar-refractivity contribution < 1.29 is 19.8 Å². The molecule has 0 N–H and O–H groups in total. The Morgan fingerprint density at radius 2 is 2.45 bits per heavy atom. The zero-order valence-electron chi connectivity index (χ0n) is 6.69. The second-order valence-corrected chi connectivity index (χ2v) is 3.70. The fourth-order valence-electron chi connectivity index (χ4n) is 0.933. The van der Waals surface area contributed by atoms with Gasteiger partial charge in [0.25, 0.3) is 0 Å². The van der Waals surface area contributed by atoms with Crippen molar-refractivity contribution in [1.29, 1.82) is 0 Å². The first kappa shape index (κ1) is 11.5. The maximum Gasteiger partial charge on any atom is 1.00 e. The van der Waals surface area contributed by atoms with Crippen molar-refractivity contribution in [2.24, 2.45) is 5.92 Å². The van der Waals surface area contributed by atoms with Crippen LogP contribution in [0.5, 0.6) is 0 Å². The average molecular weight is 344 g/mol. The molecule has 2 heteroatoms. The van der Waals surface area contributed by atoms with Crippen LogP contribution in [0, 0.1) is 12.8 Å². The van der Waals surface area contributed by atoms with Crippen LogP contribution in [0.3, 0.4) is 0 Å². The Hall–Kier alpha value is 0.466. The molecule has 1 atom stereocenters. The second kappa shape index (κ2) is 6.04. The summed E-state index contributed by atoms with van der Waals surface area (Å²) in [5, 5.41) is 0. The van der Waals surface area contributed by atoms with Crippen molar-refractivity contribution in [3.63, 3.8) is 0 Å². The van der Waals surface area contributed by atoms with E-state index in [1.807, 2.05) is 11.8 Å². The molecule has 11 heavy (non-hydrogen) atoms. The van der Waals surface area contributed by atoms with Gasteiger partial charge >= 0.3 is 19.8 Å². The Morgan fingerprint density at radius 1 is 1.73 bits per heavy atom. The number of allylic oxidation sites excluding steroid dienone is 3. The molecule has 1 unspecified atom stereocenters. The monoisotopic (exact) mass is 345 g/mol. The molecule has 0 nitrogen and oxygen atoms in total. The molecule has 0 bridgehead atoms. The number of thioether (sulfide) groups is 1. The molecule has 63 valence electrons. The van der Waals surface area contributed by atoms with Gasteiger partial charge in [-0.3, -0.25) is 0 Å². The average Bonchev–Trinajstić information content (AvgIpc) is 1.95. The molecule has 0 aromatic heterocycles. The molecule has 0 amide bonds. The van der Waals surface area contributed by atoms with E-state index >= 15 is 0 Å². The van der Waals surface area contributed by atoms with Crippen LogP contribution in [0.15, 0.2) is 23.1 Å². The van der Waals surface area contributed by atoms with Crippen molar-refractivity contribution in [3.05, 3.63) is 30.1 Å². The number of rotatable bonds is 2. The minimum absolute atomic E-state index is 0. The minimum atomic E-state index is 0. The molecule has 0 fully saturated rings. The summed E-state index contributed by atoms with van der Waals surface area (Å²) in [6, 6.07) is 0. The van der Waals surface area contributed by atoms with Gasteiger partial charge in [-0.25, -0.2) is 0 Å². The van der Waals surface area contributed by atoms with Crippen molar-refractivity contribution in [1.82, 2.24) is 0 Å². The van der Waals surface area contributed by atoms with Crippen LogP contribution >= 0.6 is 11.8 Å². The SMILES string of the molecule is [CH2-]CSC1=CCC(C)C=C1.[Os+]. The topological polar surface area (TPSA) is 0 Å². The zero-order chi connectivity index (χ0) is 7.40. The summed E-state index contributed by atoms with van der Waals surface area (Å²) in [6.45, 7) is 6.02. The van der Waals surface area contributed by atoms with Crippen molar-refractivity contribution in [3.8, 4) is 0 Å². The molecule has 0 saturated carbocycles. The third-order valence-electron chi connectivity index (χ3n) is 1.55. The van der Waals surface area contributed by atoms with E-state index in [1.54, 1.807) is 0 Å². The summed E-state index contributed by atoms with van der Waals surface area (Å²) in [6.07, 6.45) is 7.95. The van der Waals surface area contributed by atoms with E-state index in [-0.39, 0.29) is 19.8 Å². The van der Waals surface area contributed by atoms with Gasteiger partial charge in [0.15, 0.2) is 0 Å². The normalized spacial score (nSPS) is 22.4. The van der Waals surface area contributed by atoms with E-state index in [4.69, 9.17) is 0 Å². The maximum atomic E-state index is 3.79. The molecule has 1 rings (SSSR count). The minimum Gasteiger partial charge on any atom is -0.333 e. The fourth-order valence-corrected chi connectivity index (χ4v) is 1.56. The van der Waals surface area contributed by atoms with Crippen LogP contribution in [0.1, 0.15) is 13.3 Å². The molecule has 1 aliphatic rings. The first-order chi connectivity index (χ1) is 4.83. The smallest absolute Gasteiger partial charge is 0.333 e. The van der Waals surface area contributed by atoms with Gasteiger partial charge in [0.05, 0.1) is 0 Å². The summed E-state index contributed by atoms with van der Waals surface area (Å²) >= 11 is 1.82. The molecule has 0 aromatic carbocycles. The fraction of sp³-hybridized carbons (Fsp3) is 0.444. The van der Waals surface area contributed by atoms with Crippen molar-refractivity contribution >= 4 is 11.8 Å². The Bertz CT molecular complexity index is 161. The Balaban J connectivity index is 0.000001000. The van der Waals surface area contributed by atoms with Crippen LogP contribution in [0.25, 0.3) is 0 Å². The van der Waals surface area contributed by atoms with E-state index in [1.165, 1.54) is 11.3 Å². The van der Waals surface area contributed by atoms with Crippen molar-refractivity contribution in [2.75, 3.05) is 5.75 Å². The summed E-state index contributed by atoms with van der Waals surface area (Å²) in [5.41, 5.74) is 0. The number of hydrogen-bond donors (Lipinski definition) is 0. The standard InChI is InChI=1S/C9H13S.Os/c1-3-10-9-6-4-8(2)5-7-9;/h4,6-8H,1,3,5H2,2H3;/q-1;+1. The van der Waals surface area contributed by atoms with E-state index in [0.29, 0.717) is 0 Å². The number of hydrogen-bond acceptors (Lipinski definition) is 1. The molecule has 0 aliphatic heterocycles. The summed E-state index contributed by atoms with van der Waals surface area (Å²) < 4.78 is 0. The maximum absolute atomic E-state index is 3.79. The summed E-state index contributed by atoms with van der Waals surface area (Å²) in [4.78, 5) is 1.38. The molecule has 0 saturated heterocycles. The summed E-state index contributed by atoms with van der Waals surface area (Å²) in [5.74, 6) is 1.67. The van der Waals surface area contributed by atoms with Gasteiger partial charge < -0.3 is 6.92 Å². The van der Waals surface area contributed by atoms with Crippen LogP contribution in [0.2, 0.25) is 0 Å². The van der Waals surface area contributed by atoms with Crippen LogP contribution < -0.4 is 0 Å². The molecular weight excluding hydrogens is 330 g/mol. The van der Waals surface area contributed by atoms with Gasteiger partial charge in [-0.05, 0) is 12.3 Å². The van der Waals surface area contributed by atoms with Gasteiger partial charge in [0, 0.05) is 4.91 Å². The quantitative estimate of drug-likeness (QED) is 0.695. The Kier molecular flexibility index (Phi) is 6.29. The third kappa shape index (κ3) is 4.14. The first-order valence-electron chi connectivity index (χ1n) is 3.63. The van der Waals surface area contributed by atoms with Gasteiger partial charge in [0.2, 0.25) is 0 Å². The van der Waals surface area contributed by atoms with Gasteiger partial charge in [-0.1, -0.05) is 25.2 Å². The van der Waals surface area contributed by atoms with Gasteiger partial charge in [-0.2, -0.15) is 11.8 Å². The van der Waals surface area contributed by atoms with E-state index in [0.717, 1.165) is 11.7 Å². The van der Waals surface area contributed by atoms with Crippen LogP contribution in [-0.4, -0.2) is 5.75 Å². The van der Waals surface area contributed by atoms with Gasteiger partial charge in [-0.15, -0.1) is 5.75 Å². The molecule has 0 aromatic rings. The first-order valence-corrected chi connectivity index (χ1v) is 4.62. The molecule has 0 spiro atoms. The molecular formula is C9H13OsS. The predicted octanol–water partition coefficient (Wildman–Crippen LogP) is 3.03. The van der Waals surface area contributed by atoms with Crippen LogP contribution in [-0.2, 0) is 19.8 Å².